The molecule has 0 aliphatic rings. The van der Waals surface area contributed by atoms with Crippen LogP contribution in [-0.2, 0) is 6.54 Å². The van der Waals surface area contributed by atoms with Gasteiger partial charge in [-0.05, 0) is 30.7 Å². The summed E-state index contributed by atoms with van der Waals surface area (Å²) in [4.78, 5) is 20.7. The molecule has 0 radical (unpaired) electrons. The van der Waals surface area contributed by atoms with Crippen molar-refractivity contribution < 1.29 is 4.79 Å². The molecule has 0 saturated heterocycles. The molecule has 7 heteroatoms. The van der Waals surface area contributed by atoms with Crippen molar-refractivity contribution in [3.63, 3.8) is 0 Å². The van der Waals surface area contributed by atoms with Crippen LogP contribution in [0.15, 0.2) is 90.5 Å². The van der Waals surface area contributed by atoms with Gasteiger partial charge < -0.3 is 4.98 Å². The van der Waals surface area contributed by atoms with Crippen LogP contribution in [0.4, 0.5) is 0 Å². The Morgan fingerprint density at radius 2 is 1.84 bits per heavy atom. The van der Waals surface area contributed by atoms with Gasteiger partial charge in [0.15, 0.2) is 16.8 Å². The smallest absolute Gasteiger partial charge is 0.192 e. The van der Waals surface area contributed by atoms with Crippen LogP contribution in [-0.4, -0.2) is 35.8 Å². The van der Waals surface area contributed by atoms with E-state index in [0.29, 0.717) is 17.3 Å². The summed E-state index contributed by atoms with van der Waals surface area (Å²) < 4.78 is 2.05. The maximum atomic E-state index is 13.3. The standard InChI is InChI=1S/C25H21N5OS/c1-17(23(31)21-15-27-22-12-6-5-11-20(21)22)32-25-29-28-24(19-10-7-13-26-14-19)30(25)16-18-8-3-2-4-9-18/h2-15,17,27H,16H2,1H3/t17-/m0/s1. The molecule has 0 aliphatic heterocycles. The molecule has 0 unspecified atom stereocenters. The Labute approximate surface area is 189 Å². The Bertz CT molecular complexity index is 1360. The van der Waals surface area contributed by atoms with Crippen molar-refractivity contribution in [1.29, 1.82) is 0 Å². The van der Waals surface area contributed by atoms with Crippen molar-refractivity contribution in [2.45, 2.75) is 23.9 Å². The van der Waals surface area contributed by atoms with Crippen molar-refractivity contribution >= 4 is 28.4 Å². The zero-order chi connectivity index (χ0) is 21.9. The molecule has 0 saturated carbocycles. The van der Waals surface area contributed by atoms with Gasteiger partial charge in [0, 0.05) is 40.6 Å². The number of aromatic nitrogens is 5. The van der Waals surface area contributed by atoms with Crippen molar-refractivity contribution in [2.24, 2.45) is 0 Å². The molecular weight excluding hydrogens is 418 g/mol. The van der Waals surface area contributed by atoms with Gasteiger partial charge in [-0.2, -0.15) is 0 Å². The van der Waals surface area contributed by atoms with Crippen LogP contribution in [0.5, 0.6) is 0 Å². The predicted molar refractivity (Wildman–Crippen MR) is 127 cm³/mol. The second kappa shape index (κ2) is 8.80. The molecule has 0 fully saturated rings. The van der Waals surface area contributed by atoms with E-state index < -0.39 is 0 Å². The number of carbonyl (C=O) groups excluding carboxylic acids is 1. The zero-order valence-electron chi connectivity index (χ0n) is 17.5. The fraction of sp³-hybridized carbons (Fsp3) is 0.120. The van der Waals surface area contributed by atoms with E-state index in [2.05, 4.69) is 36.9 Å². The van der Waals surface area contributed by atoms with Gasteiger partial charge in [-0.15, -0.1) is 10.2 Å². The molecule has 32 heavy (non-hydrogen) atoms. The lowest BCUT2D eigenvalue weighted by Crippen LogP contribution is -2.15. The van der Waals surface area contributed by atoms with Crippen LogP contribution >= 0.6 is 11.8 Å². The van der Waals surface area contributed by atoms with Gasteiger partial charge in [-0.25, -0.2) is 0 Å². The third-order valence-electron chi connectivity index (χ3n) is 5.33. The molecule has 5 rings (SSSR count). The van der Waals surface area contributed by atoms with Crippen LogP contribution in [0.2, 0.25) is 0 Å². The van der Waals surface area contributed by atoms with Gasteiger partial charge >= 0.3 is 0 Å². The molecule has 2 aromatic carbocycles. The summed E-state index contributed by atoms with van der Waals surface area (Å²) in [6.45, 7) is 2.52. The molecule has 0 spiro atoms. The summed E-state index contributed by atoms with van der Waals surface area (Å²) in [6, 6.07) is 21.9. The fourth-order valence-corrected chi connectivity index (χ4v) is 4.62. The first kappa shape index (κ1) is 20.2. The molecular formula is C25H21N5OS. The minimum absolute atomic E-state index is 0.0599. The van der Waals surface area contributed by atoms with E-state index >= 15 is 0 Å². The van der Waals surface area contributed by atoms with Crippen LogP contribution in [0.3, 0.4) is 0 Å². The number of nitrogens with zero attached hydrogens (tertiary/aromatic N) is 4. The zero-order valence-corrected chi connectivity index (χ0v) is 18.3. The van der Waals surface area contributed by atoms with Crippen molar-refractivity contribution in [1.82, 2.24) is 24.7 Å². The van der Waals surface area contributed by atoms with E-state index in [1.165, 1.54) is 11.8 Å². The number of fused-ring (bicyclic) bond motifs is 1. The van der Waals surface area contributed by atoms with E-state index in [1.807, 2.05) is 61.5 Å². The van der Waals surface area contributed by atoms with Gasteiger partial charge in [0.2, 0.25) is 0 Å². The molecule has 1 N–H and O–H groups in total. The molecule has 3 aromatic heterocycles. The Kier molecular flexibility index (Phi) is 5.56. The average Bonchev–Trinajstić information content (AvgIpc) is 3.44. The van der Waals surface area contributed by atoms with E-state index in [1.54, 1.807) is 18.6 Å². The lowest BCUT2D eigenvalue weighted by molar-refractivity contribution is 0.0995. The number of aromatic amines is 1. The SMILES string of the molecule is C[C@H](Sc1nnc(-c2cccnc2)n1Cc1ccccc1)C(=O)c1c[nH]c2ccccc12. The number of carbonyl (C=O) groups is 1. The third kappa shape index (κ3) is 3.94. The fourth-order valence-electron chi connectivity index (χ4n) is 3.70. The third-order valence-corrected chi connectivity index (χ3v) is 6.41. The monoisotopic (exact) mass is 439 g/mol. The number of pyridine rings is 1. The Balaban J connectivity index is 1.47. The summed E-state index contributed by atoms with van der Waals surface area (Å²) in [5.74, 6) is 0.792. The van der Waals surface area contributed by atoms with Gasteiger partial charge in [0.05, 0.1) is 11.8 Å². The number of thioether (sulfide) groups is 1. The minimum atomic E-state index is -0.324. The number of hydrogen-bond acceptors (Lipinski definition) is 5. The highest BCUT2D eigenvalue weighted by Crippen LogP contribution is 2.30. The van der Waals surface area contributed by atoms with Crippen molar-refractivity contribution in [3.05, 3.63) is 96.4 Å². The summed E-state index contributed by atoms with van der Waals surface area (Å²) in [7, 11) is 0. The normalized spacial score (nSPS) is 12.2. The average molecular weight is 440 g/mol. The van der Waals surface area contributed by atoms with Gasteiger partial charge in [0.1, 0.15) is 0 Å². The quantitative estimate of drug-likeness (QED) is 0.277. The van der Waals surface area contributed by atoms with Crippen LogP contribution in [0.25, 0.3) is 22.3 Å². The van der Waals surface area contributed by atoms with E-state index in [0.717, 1.165) is 27.9 Å². The molecule has 1 atom stereocenters. The summed E-state index contributed by atoms with van der Waals surface area (Å²) in [5, 5.41) is 10.2. The summed E-state index contributed by atoms with van der Waals surface area (Å²) in [5.41, 5.74) is 3.68. The molecule has 0 bridgehead atoms. The molecule has 158 valence electrons. The topological polar surface area (TPSA) is 76.5 Å². The predicted octanol–water partition coefficient (Wildman–Crippen LogP) is 5.23. The van der Waals surface area contributed by atoms with E-state index in [9.17, 15) is 4.79 Å². The number of hydrogen-bond donors (Lipinski definition) is 1. The first-order chi connectivity index (χ1) is 15.7. The maximum Gasteiger partial charge on any atom is 0.192 e. The molecule has 5 aromatic rings. The van der Waals surface area contributed by atoms with Gasteiger partial charge in [0.25, 0.3) is 0 Å². The number of benzene rings is 2. The Morgan fingerprint density at radius 3 is 2.66 bits per heavy atom. The van der Waals surface area contributed by atoms with Gasteiger partial charge in [-0.3, -0.25) is 14.3 Å². The second-order valence-electron chi connectivity index (χ2n) is 7.49. The Morgan fingerprint density at radius 1 is 1.03 bits per heavy atom. The highest BCUT2D eigenvalue weighted by atomic mass is 32.2. The number of para-hydroxylation sites is 1. The molecule has 3 heterocycles. The first-order valence-electron chi connectivity index (χ1n) is 10.3. The minimum Gasteiger partial charge on any atom is -0.360 e. The summed E-state index contributed by atoms with van der Waals surface area (Å²) in [6.07, 6.45) is 5.30. The number of ketones is 1. The summed E-state index contributed by atoms with van der Waals surface area (Å²) >= 11 is 1.43. The van der Waals surface area contributed by atoms with Crippen LogP contribution in [0, 0.1) is 0 Å². The number of nitrogens with one attached hydrogen (secondary N) is 1. The second-order valence-corrected chi connectivity index (χ2v) is 8.80. The first-order valence-corrected chi connectivity index (χ1v) is 11.2. The molecule has 0 aliphatic carbocycles. The lowest BCUT2D eigenvalue weighted by Gasteiger charge is -2.13. The van der Waals surface area contributed by atoms with Crippen LogP contribution < -0.4 is 0 Å². The Hall–Kier alpha value is -3.71. The highest BCUT2D eigenvalue weighted by Gasteiger charge is 2.24. The largest absolute Gasteiger partial charge is 0.360 e. The van der Waals surface area contributed by atoms with E-state index in [4.69, 9.17) is 0 Å². The van der Waals surface area contributed by atoms with Crippen molar-refractivity contribution in [2.75, 3.05) is 0 Å². The molecule has 0 amide bonds. The van der Waals surface area contributed by atoms with Crippen LogP contribution in [0.1, 0.15) is 22.8 Å². The number of Topliss-reactive ketones (excluding diaryl/α,β-unsaturated/α-hetero) is 1. The van der Waals surface area contributed by atoms with Crippen molar-refractivity contribution in [3.8, 4) is 11.4 Å². The lowest BCUT2D eigenvalue weighted by atomic mass is 10.1. The van der Waals surface area contributed by atoms with Gasteiger partial charge in [-0.1, -0.05) is 60.3 Å². The maximum absolute atomic E-state index is 13.3. The number of H-pyrrole nitrogens is 1. The number of rotatable bonds is 7. The molecule has 6 nitrogen and oxygen atoms in total. The highest BCUT2D eigenvalue weighted by molar-refractivity contribution is 8.00. The van der Waals surface area contributed by atoms with E-state index in [-0.39, 0.29) is 11.0 Å².